The second-order valence-corrected chi connectivity index (χ2v) is 8.52. The minimum absolute atomic E-state index is 0.00879. The zero-order valence-corrected chi connectivity index (χ0v) is 18.9. The number of esters is 2. The smallest absolute Gasteiger partial charge is 0.325 e. The molecule has 0 amide bonds. The number of carboxylic acid groups (broad SMARTS) is 1. The van der Waals surface area contributed by atoms with Gasteiger partial charge in [-0.2, -0.15) is 0 Å². The van der Waals surface area contributed by atoms with Gasteiger partial charge >= 0.3 is 23.5 Å². The van der Waals surface area contributed by atoms with Crippen LogP contribution in [-0.2, 0) is 30.4 Å². The van der Waals surface area contributed by atoms with Crippen molar-refractivity contribution in [2.24, 2.45) is 0 Å². The van der Waals surface area contributed by atoms with E-state index < -0.39 is 35.3 Å². The van der Waals surface area contributed by atoms with Crippen LogP contribution in [0, 0.1) is 0 Å². The summed E-state index contributed by atoms with van der Waals surface area (Å²) < 4.78 is 12.8. The number of aliphatic carboxylic acids is 1. The van der Waals surface area contributed by atoms with Crippen molar-refractivity contribution < 1.29 is 29.0 Å². The summed E-state index contributed by atoms with van der Waals surface area (Å²) in [5.41, 5.74) is -1.43. The maximum Gasteiger partial charge on any atom is 0.325 e. The van der Waals surface area contributed by atoms with Crippen molar-refractivity contribution >= 4 is 41.4 Å². The average Bonchev–Trinajstić information content (AvgIpc) is 3.29. The summed E-state index contributed by atoms with van der Waals surface area (Å²) in [5.74, 6) is -2.61. The molecule has 2 aromatic rings. The van der Waals surface area contributed by atoms with Gasteiger partial charge in [0.1, 0.15) is 18.0 Å². The van der Waals surface area contributed by atoms with E-state index in [0.717, 1.165) is 23.4 Å². The maximum atomic E-state index is 12.6. The molecule has 0 saturated heterocycles. The predicted octanol–water partition coefficient (Wildman–Crippen LogP) is -0.513. The molecule has 15 nitrogen and oxygen atoms in total. The molecule has 0 aliphatic carbocycles. The number of aromatic nitrogens is 8. The predicted molar refractivity (Wildman–Crippen MR) is 104 cm³/mol. The van der Waals surface area contributed by atoms with Crippen LogP contribution in [0.15, 0.2) is 10.3 Å². The molecule has 0 bridgehead atoms. The average molecular weight is 476 g/mol. The van der Waals surface area contributed by atoms with E-state index in [2.05, 4.69) is 31.1 Å². The summed E-state index contributed by atoms with van der Waals surface area (Å²) in [6.07, 6.45) is -0.154. The van der Waals surface area contributed by atoms with Gasteiger partial charge in [-0.15, -0.1) is 10.2 Å². The quantitative estimate of drug-likeness (QED) is 0.249. The molecule has 1 N–H and O–H groups in total. The number of hydrogen-bond donors (Lipinski definition) is 1. The Balaban J connectivity index is 2.07. The molecule has 2 aromatic heterocycles. The van der Waals surface area contributed by atoms with Gasteiger partial charge in [0.2, 0.25) is 10.3 Å². The van der Waals surface area contributed by atoms with Crippen LogP contribution >= 0.6 is 23.5 Å². The molecule has 0 aromatic carbocycles. The molecule has 17 heteroatoms. The van der Waals surface area contributed by atoms with Crippen molar-refractivity contribution in [1.29, 1.82) is 0 Å². The van der Waals surface area contributed by atoms with Crippen LogP contribution in [0.3, 0.4) is 0 Å². The molecule has 170 valence electrons. The molecule has 0 spiro atoms. The first-order valence-corrected chi connectivity index (χ1v) is 10.5. The Morgan fingerprint density at radius 2 is 1.71 bits per heavy atom. The van der Waals surface area contributed by atoms with E-state index in [1.54, 1.807) is 11.6 Å². The summed E-state index contributed by atoms with van der Waals surface area (Å²) in [6, 6.07) is 0. The Morgan fingerprint density at radius 1 is 1.06 bits per heavy atom. The number of thioether (sulfide) groups is 2. The fraction of sp³-hybridized carbons (Fsp3) is 0.643. The molecule has 2 rings (SSSR count). The van der Waals surface area contributed by atoms with Crippen LogP contribution in [0.5, 0.6) is 0 Å². The first-order chi connectivity index (χ1) is 14.6. The molecule has 3 atom stereocenters. The van der Waals surface area contributed by atoms with E-state index in [1.807, 2.05) is 25.9 Å². The van der Waals surface area contributed by atoms with Gasteiger partial charge in [-0.25, -0.2) is 9.36 Å². The molecule has 0 saturated carbocycles. The molecule has 0 fully saturated rings. The highest BCUT2D eigenvalue weighted by molar-refractivity contribution is 8.00. The zero-order chi connectivity index (χ0) is 23.1. The summed E-state index contributed by atoms with van der Waals surface area (Å²) in [6.45, 7) is 4.08. The SMILES string of the molecule is CC(=O)OC(OC(=O)C(C)Sc1nnnn1C(C)N(C)C)Sc1nnnn1CC(=O)O. The summed E-state index contributed by atoms with van der Waals surface area (Å²) in [4.78, 5) is 36.8. The number of tetrazole rings is 2. The van der Waals surface area contributed by atoms with Crippen molar-refractivity contribution in [3.8, 4) is 0 Å². The highest BCUT2D eigenvalue weighted by atomic mass is 32.2. The lowest BCUT2D eigenvalue weighted by molar-refractivity contribution is -0.170. The first-order valence-electron chi connectivity index (χ1n) is 8.71. The largest absolute Gasteiger partial charge is 0.480 e. The molecule has 3 unspecified atom stereocenters. The number of ether oxygens (including phenoxy) is 2. The number of carboxylic acids is 1. The van der Waals surface area contributed by atoms with Gasteiger partial charge in [0, 0.05) is 18.7 Å². The third-order valence-corrected chi connectivity index (χ3v) is 5.55. The molecule has 0 aliphatic heterocycles. The standard InChI is InChI=1S/C14H21N9O6S2/c1-7(30-13-16-18-20-23(13)8(2)21(4)5)11(27)29-14(28-9(3)24)31-12-15-17-19-22(12)6-10(25)26/h7-8,14H,6H2,1-5H3,(H,25,26). The Kier molecular flexibility index (Phi) is 8.69. The fourth-order valence-corrected chi connectivity index (χ4v) is 3.57. The van der Waals surface area contributed by atoms with Crippen LogP contribution in [0.1, 0.15) is 26.9 Å². The Labute approximate surface area is 184 Å². The number of hydrogen-bond acceptors (Lipinski definition) is 14. The minimum atomic E-state index is -1.43. The van der Waals surface area contributed by atoms with E-state index >= 15 is 0 Å². The van der Waals surface area contributed by atoms with E-state index in [1.165, 1.54) is 0 Å². The van der Waals surface area contributed by atoms with Crippen LogP contribution in [-0.4, -0.2) is 93.3 Å². The van der Waals surface area contributed by atoms with Crippen LogP contribution < -0.4 is 0 Å². The molecule has 0 radical (unpaired) electrons. The van der Waals surface area contributed by atoms with E-state index in [4.69, 9.17) is 14.6 Å². The van der Waals surface area contributed by atoms with Gasteiger partial charge in [0.15, 0.2) is 0 Å². The summed E-state index contributed by atoms with van der Waals surface area (Å²) >= 11 is 1.74. The lowest BCUT2D eigenvalue weighted by Gasteiger charge is -2.21. The second kappa shape index (κ2) is 11.0. The van der Waals surface area contributed by atoms with Gasteiger partial charge < -0.3 is 14.6 Å². The van der Waals surface area contributed by atoms with Gasteiger partial charge in [-0.1, -0.05) is 11.8 Å². The van der Waals surface area contributed by atoms with Gasteiger partial charge in [-0.3, -0.25) is 19.3 Å². The molecule has 31 heavy (non-hydrogen) atoms. The van der Waals surface area contributed by atoms with E-state index in [0.29, 0.717) is 16.9 Å². The fourth-order valence-electron chi connectivity index (χ4n) is 1.92. The van der Waals surface area contributed by atoms with Crippen LogP contribution in [0.2, 0.25) is 0 Å². The topological polar surface area (TPSA) is 180 Å². The highest BCUT2D eigenvalue weighted by Crippen LogP contribution is 2.27. The molecule has 2 heterocycles. The Bertz CT molecular complexity index is 920. The van der Waals surface area contributed by atoms with Crippen LogP contribution in [0.25, 0.3) is 0 Å². The Hall–Kier alpha value is -2.79. The molecular weight excluding hydrogens is 454 g/mol. The lowest BCUT2D eigenvalue weighted by Crippen LogP contribution is -2.28. The third-order valence-electron chi connectivity index (χ3n) is 3.64. The van der Waals surface area contributed by atoms with Gasteiger partial charge in [0.05, 0.1) is 0 Å². The van der Waals surface area contributed by atoms with Gasteiger partial charge in [0.25, 0.3) is 0 Å². The van der Waals surface area contributed by atoms with Crippen molar-refractivity contribution in [2.45, 2.75) is 54.7 Å². The van der Waals surface area contributed by atoms with Crippen molar-refractivity contribution in [1.82, 2.24) is 45.3 Å². The number of carbonyl (C=O) groups is 3. The summed E-state index contributed by atoms with van der Waals surface area (Å²) in [7, 11) is 3.72. The highest BCUT2D eigenvalue weighted by Gasteiger charge is 2.28. The maximum absolute atomic E-state index is 12.6. The first kappa shape index (κ1) is 24.5. The third kappa shape index (κ3) is 7.14. The molecular formula is C14H21N9O6S2. The van der Waals surface area contributed by atoms with Crippen molar-refractivity contribution in [3.63, 3.8) is 0 Å². The number of nitrogens with zero attached hydrogens (tertiary/aromatic N) is 9. The van der Waals surface area contributed by atoms with Crippen LogP contribution in [0.4, 0.5) is 0 Å². The lowest BCUT2D eigenvalue weighted by atomic mass is 10.5. The molecule has 0 aliphatic rings. The van der Waals surface area contributed by atoms with Crippen molar-refractivity contribution in [3.05, 3.63) is 0 Å². The summed E-state index contributed by atoms with van der Waals surface area (Å²) in [5, 5.41) is 30.6. The number of carbonyl (C=O) groups excluding carboxylic acids is 2. The second-order valence-electron chi connectivity index (χ2n) is 6.23. The normalized spacial score (nSPS) is 14.1. The van der Waals surface area contributed by atoms with Crippen molar-refractivity contribution in [2.75, 3.05) is 14.1 Å². The van der Waals surface area contributed by atoms with Gasteiger partial charge in [-0.05, 0) is 48.8 Å². The zero-order valence-electron chi connectivity index (χ0n) is 17.3. The monoisotopic (exact) mass is 475 g/mol. The van der Waals surface area contributed by atoms with E-state index in [-0.39, 0.29) is 11.3 Å². The minimum Gasteiger partial charge on any atom is -0.480 e. The Morgan fingerprint density at radius 3 is 2.32 bits per heavy atom. The van der Waals surface area contributed by atoms with E-state index in [9.17, 15) is 14.4 Å². The number of rotatable bonds is 11.